The zero-order chi connectivity index (χ0) is 12.3. The van der Waals surface area contributed by atoms with Gasteiger partial charge in [-0.2, -0.15) is 11.8 Å². The zero-order valence-corrected chi connectivity index (χ0v) is 10.9. The highest BCUT2D eigenvalue weighted by Crippen LogP contribution is 2.25. The van der Waals surface area contributed by atoms with Crippen molar-refractivity contribution in [3.05, 3.63) is 18.0 Å². The molecule has 1 amide bonds. The standard InChI is InChI=1S/C12H19N3OS/c1-2-15-8-9(13)6-11(15)12(16)14-7-10-4-3-5-17-10/h6,8,10H,2-5,7,13H2,1H3,(H,14,16). The van der Waals surface area contributed by atoms with E-state index < -0.39 is 0 Å². The van der Waals surface area contributed by atoms with Crippen LogP contribution in [-0.2, 0) is 6.54 Å². The van der Waals surface area contributed by atoms with E-state index in [2.05, 4.69) is 5.32 Å². The van der Waals surface area contributed by atoms with Gasteiger partial charge in [0.05, 0.1) is 5.69 Å². The fourth-order valence-corrected chi connectivity index (χ4v) is 3.29. The number of nitrogen functional groups attached to an aromatic ring is 1. The van der Waals surface area contributed by atoms with Gasteiger partial charge in [0.25, 0.3) is 5.91 Å². The molecule has 0 bridgehead atoms. The highest BCUT2D eigenvalue weighted by Gasteiger charge is 2.18. The number of aromatic nitrogens is 1. The van der Waals surface area contributed by atoms with Gasteiger partial charge in [-0.05, 0) is 31.6 Å². The van der Waals surface area contributed by atoms with E-state index in [1.54, 1.807) is 12.3 Å². The number of amides is 1. The average molecular weight is 253 g/mol. The Morgan fingerprint density at radius 2 is 2.53 bits per heavy atom. The van der Waals surface area contributed by atoms with Gasteiger partial charge in [-0.3, -0.25) is 4.79 Å². The molecule has 0 aliphatic carbocycles. The summed E-state index contributed by atoms with van der Waals surface area (Å²) in [5.41, 5.74) is 7.01. The Kier molecular flexibility index (Phi) is 3.99. The lowest BCUT2D eigenvalue weighted by atomic mass is 10.2. The Balaban J connectivity index is 1.93. The molecule has 4 nitrogen and oxygen atoms in total. The van der Waals surface area contributed by atoms with E-state index in [1.165, 1.54) is 18.6 Å². The van der Waals surface area contributed by atoms with Gasteiger partial charge in [0.15, 0.2) is 0 Å². The normalized spacial score (nSPS) is 19.5. The molecule has 94 valence electrons. The second-order valence-electron chi connectivity index (χ2n) is 4.29. The minimum atomic E-state index is -0.0175. The van der Waals surface area contributed by atoms with Crippen LogP contribution >= 0.6 is 11.8 Å². The van der Waals surface area contributed by atoms with Crippen molar-refractivity contribution >= 4 is 23.4 Å². The van der Waals surface area contributed by atoms with Crippen LogP contribution in [0.15, 0.2) is 12.3 Å². The quantitative estimate of drug-likeness (QED) is 0.859. The highest BCUT2D eigenvalue weighted by molar-refractivity contribution is 8.00. The monoisotopic (exact) mass is 253 g/mol. The van der Waals surface area contributed by atoms with Crippen molar-refractivity contribution in [1.29, 1.82) is 0 Å². The molecule has 1 aliphatic rings. The van der Waals surface area contributed by atoms with Crippen molar-refractivity contribution in [3.63, 3.8) is 0 Å². The van der Waals surface area contributed by atoms with Crippen molar-refractivity contribution in [2.45, 2.75) is 31.6 Å². The predicted molar refractivity (Wildman–Crippen MR) is 72.3 cm³/mol. The van der Waals surface area contributed by atoms with Crippen LogP contribution in [0.1, 0.15) is 30.3 Å². The molecule has 1 unspecified atom stereocenters. The number of rotatable bonds is 4. The molecule has 1 saturated heterocycles. The van der Waals surface area contributed by atoms with Crippen LogP contribution in [0.2, 0.25) is 0 Å². The van der Waals surface area contributed by atoms with E-state index >= 15 is 0 Å². The molecule has 0 radical (unpaired) electrons. The number of carbonyl (C=O) groups is 1. The van der Waals surface area contributed by atoms with Crippen molar-refractivity contribution in [2.24, 2.45) is 0 Å². The summed E-state index contributed by atoms with van der Waals surface area (Å²) in [6.45, 7) is 3.53. The average Bonchev–Trinajstić information content (AvgIpc) is 2.94. The third-order valence-electron chi connectivity index (χ3n) is 3.01. The number of hydrogen-bond acceptors (Lipinski definition) is 3. The van der Waals surface area contributed by atoms with E-state index in [0.717, 1.165) is 13.1 Å². The maximum atomic E-state index is 12.0. The largest absolute Gasteiger partial charge is 0.397 e. The second kappa shape index (κ2) is 5.49. The van der Waals surface area contributed by atoms with Gasteiger partial charge in [-0.25, -0.2) is 0 Å². The molecule has 1 aromatic heterocycles. The predicted octanol–water partition coefficient (Wildman–Crippen LogP) is 1.72. The molecular weight excluding hydrogens is 234 g/mol. The van der Waals surface area contributed by atoms with Gasteiger partial charge in [0, 0.05) is 24.5 Å². The summed E-state index contributed by atoms with van der Waals surface area (Å²) in [6.07, 6.45) is 4.28. The summed E-state index contributed by atoms with van der Waals surface area (Å²) in [7, 11) is 0. The number of nitrogens with two attached hydrogens (primary N) is 1. The first-order chi connectivity index (χ1) is 8.20. The molecular formula is C12H19N3OS. The van der Waals surface area contributed by atoms with Crippen molar-refractivity contribution in [3.8, 4) is 0 Å². The SMILES string of the molecule is CCn1cc(N)cc1C(=O)NCC1CCCS1. The minimum Gasteiger partial charge on any atom is -0.397 e. The first-order valence-electron chi connectivity index (χ1n) is 6.06. The van der Waals surface area contributed by atoms with Crippen LogP contribution in [-0.4, -0.2) is 28.0 Å². The number of aryl methyl sites for hydroxylation is 1. The molecule has 0 saturated carbocycles. The summed E-state index contributed by atoms with van der Waals surface area (Å²) >= 11 is 1.95. The van der Waals surface area contributed by atoms with Crippen LogP contribution < -0.4 is 11.1 Å². The van der Waals surface area contributed by atoms with E-state index in [4.69, 9.17) is 5.73 Å². The van der Waals surface area contributed by atoms with Gasteiger partial charge in [0.2, 0.25) is 0 Å². The van der Waals surface area contributed by atoms with Gasteiger partial charge in [0.1, 0.15) is 5.69 Å². The minimum absolute atomic E-state index is 0.0175. The number of nitrogens with zero attached hydrogens (tertiary/aromatic N) is 1. The van der Waals surface area contributed by atoms with Crippen molar-refractivity contribution < 1.29 is 4.79 Å². The summed E-state index contributed by atoms with van der Waals surface area (Å²) in [4.78, 5) is 12.0. The molecule has 5 heteroatoms. The Labute approximate surface area is 106 Å². The summed E-state index contributed by atoms with van der Waals surface area (Å²) < 4.78 is 1.88. The molecule has 1 aliphatic heterocycles. The lowest BCUT2D eigenvalue weighted by Gasteiger charge is -2.11. The summed E-state index contributed by atoms with van der Waals surface area (Å²) in [5, 5.41) is 3.58. The van der Waals surface area contributed by atoms with Gasteiger partial charge < -0.3 is 15.6 Å². The number of hydrogen-bond donors (Lipinski definition) is 2. The molecule has 3 N–H and O–H groups in total. The fourth-order valence-electron chi connectivity index (χ4n) is 2.09. The van der Waals surface area contributed by atoms with Gasteiger partial charge >= 0.3 is 0 Å². The van der Waals surface area contributed by atoms with Crippen molar-refractivity contribution in [1.82, 2.24) is 9.88 Å². The fraction of sp³-hybridized carbons (Fsp3) is 0.583. The second-order valence-corrected chi connectivity index (χ2v) is 5.70. The number of nitrogens with one attached hydrogen (secondary N) is 1. The van der Waals surface area contributed by atoms with Crippen LogP contribution in [0.4, 0.5) is 5.69 Å². The Hall–Kier alpha value is -1.10. The Morgan fingerprint density at radius 3 is 3.18 bits per heavy atom. The van der Waals surface area contributed by atoms with Crippen LogP contribution in [0, 0.1) is 0 Å². The van der Waals surface area contributed by atoms with Gasteiger partial charge in [-0.1, -0.05) is 0 Å². The smallest absolute Gasteiger partial charge is 0.268 e. The highest BCUT2D eigenvalue weighted by atomic mass is 32.2. The third kappa shape index (κ3) is 2.97. The van der Waals surface area contributed by atoms with E-state index in [1.807, 2.05) is 23.3 Å². The first-order valence-corrected chi connectivity index (χ1v) is 7.11. The zero-order valence-electron chi connectivity index (χ0n) is 10.1. The van der Waals surface area contributed by atoms with Crippen LogP contribution in [0.25, 0.3) is 0 Å². The summed E-state index contributed by atoms with van der Waals surface area (Å²) in [6, 6.07) is 1.74. The first kappa shape index (κ1) is 12.4. The third-order valence-corrected chi connectivity index (χ3v) is 4.40. The van der Waals surface area contributed by atoms with Crippen LogP contribution in [0.5, 0.6) is 0 Å². The van der Waals surface area contributed by atoms with Gasteiger partial charge in [-0.15, -0.1) is 0 Å². The molecule has 0 aromatic carbocycles. The molecule has 2 rings (SSSR count). The molecule has 0 spiro atoms. The van der Waals surface area contributed by atoms with Crippen molar-refractivity contribution in [2.75, 3.05) is 18.0 Å². The molecule has 1 fully saturated rings. The summed E-state index contributed by atoms with van der Waals surface area (Å²) in [5.74, 6) is 1.20. The molecule has 2 heterocycles. The maximum absolute atomic E-state index is 12.0. The molecule has 1 atom stereocenters. The van der Waals surface area contributed by atoms with E-state index in [9.17, 15) is 4.79 Å². The maximum Gasteiger partial charge on any atom is 0.268 e. The lowest BCUT2D eigenvalue weighted by Crippen LogP contribution is -2.31. The Bertz CT molecular complexity index is 396. The number of anilines is 1. The number of carbonyl (C=O) groups excluding carboxylic acids is 1. The molecule has 17 heavy (non-hydrogen) atoms. The Morgan fingerprint density at radius 1 is 1.71 bits per heavy atom. The van der Waals surface area contributed by atoms with Crippen LogP contribution in [0.3, 0.4) is 0 Å². The molecule has 1 aromatic rings. The lowest BCUT2D eigenvalue weighted by molar-refractivity contribution is 0.0944. The topological polar surface area (TPSA) is 60.0 Å². The van der Waals surface area contributed by atoms with E-state index in [-0.39, 0.29) is 5.91 Å². The van der Waals surface area contributed by atoms with E-state index in [0.29, 0.717) is 16.6 Å². The number of thioether (sulfide) groups is 1.